The lowest BCUT2D eigenvalue weighted by atomic mass is 10.3. The predicted octanol–water partition coefficient (Wildman–Crippen LogP) is -1.19. The van der Waals surface area contributed by atoms with E-state index in [2.05, 4.69) is 0 Å². The van der Waals surface area contributed by atoms with Gasteiger partial charge in [0.2, 0.25) is 0 Å². The molecule has 8 heavy (non-hydrogen) atoms. The highest BCUT2D eigenvalue weighted by molar-refractivity contribution is 5.67. The van der Waals surface area contributed by atoms with Crippen LogP contribution in [0.4, 0.5) is 0 Å². The average Bonchev–Trinajstić information content (AvgIpc) is 1.65. The number of aliphatic hydroxyl groups excluding tert-OH is 2. The summed E-state index contributed by atoms with van der Waals surface area (Å²) in [4.78, 5) is 9.70. The van der Waals surface area contributed by atoms with Crippen molar-refractivity contribution in [2.75, 3.05) is 6.61 Å². The van der Waals surface area contributed by atoms with Gasteiger partial charge in [0, 0.05) is 0 Å². The van der Waals surface area contributed by atoms with E-state index in [0.717, 1.165) is 0 Å². The maximum atomic E-state index is 9.70. The Morgan fingerprint density at radius 3 is 2.25 bits per heavy atom. The normalized spacial score (nSPS) is 13.2. The van der Waals surface area contributed by atoms with Crippen molar-refractivity contribution in [1.29, 1.82) is 0 Å². The number of carboxylic acid groups (broad SMARTS) is 1. The summed E-state index contributed by atoms with van der Waals surface area (Å²) in [6.07, 6.45) is -1.51. The number of aliphatic hydroxyl groups is 2. The molecule has 0 fully saturated rings. The van der Waals surface area contributed by atoms with E-state index in [4.69, 9.17) is 15.3 Å². The van der Waals surface area contributed by atoms with Gasteiger partial charge in [-0.15, -0.1) is 0 Å². The fourth-order valence-corrected chi connectivity index (χ4v) is 0.266. The third kappa shape index (κ3) is 3.58. The van der Waals surface area contributed by atoms with Crippen molar-refractivity contribution < 1.29 is 20.1 Å². The molecule has 3 N–H and O–H groups in total. The first kappa shape index (κ1) is 7.39. The van der Waals surface area contributed by atoms with Crippen LogP contribution in [0, 0.1) is 0 Å². The van der Waals surface area contributed by atoms with Crippen LogP contribution in [0.25, 0.3) is 0 Å². The number of carbonyl (C=O) groups is 1. The van der Waals surface area contributed by atoms with Crippen molar-refractivity contribution in [1.82, 2.24) is 0 Å². The zero-order valence-electron chi connectivity index (χ0n) is 4.24. The molecule has 0 aliphatic carbocycles. The minimum absolute atomic E-state index is 0.392. The van der Waals surface area contributed by atoms with Gasteiger partial charge in [0.05, 0.1) is 19.1 Å². The van der Waals surface area contributed by atoms with Crippen molar-refractivity contribution >= 4 is 5.97 Å². The number of hydrogen-bond donors (Lipinski definition) is 3. The first-order chi connectivity index (χ1) is 3.66. The second kappa shape index (κ2) is 3.40. The van der Waals surface area contributed by atoms with Gasteiger partial charge in [0.15, 0.2) is 0 Å². The summed E-state index contributed by atoms with van der Waals surface area (Å²) >= 11 is 0. The van der Waals surface area contributed by atoms with Crippen LogP contribution < -0.4 is 0 Å². The topological polar surface area (TPSA) is 77.8 Å². The van der Waals surface area contributed by atoms with Gasteiger partial charge >= 0.3 is 5.97 Å². The highest BCUT2D eigenvalue weighted by atomic mass is 16.4. The Hall–Kier alpha value is -0.610. The molecule has 0 rings (SSSR count). The molecule has 0 saturated carbocycles. The molecular formula is C4H8O4. The Morgan fingerprint density at radius 1 is 1.62 bits per heavy atom. The van der Waals surface area contributed by atoms with Crippen LogP contribution in [-0.2, 0) is 4.79 Å². The van der Waals surface area contributed by atoms with Crippen molar-refractivity contribution in [3.63, 3.8) is 0 Å². The highest BCUT2D eigenvalue weighted by Gasteiger charge is 2.05. The van der Waals surface area contributed by atoms with Gasteiger partial charge in [0.25, 0.3) is 0 Å². The van der Waals surface area contributed by atoms with E-state index in [1.807, 2.05) is 0 Å². The van der Waals surface area contributed by atoms with Crippen LogP contribution in [0.15, 0.2) is 0 Å². The number of rotatable bonds is 3. The SMILES string of the molecule is O=C(O)C[C@H](O)CO. The van der Waals surface area contributed by atoms with Crippen molar-refractivity contribution in [2.24, 2.45) is 0 Å². The zero-order valence-corrected chi connectivity index (χ0v) is 4.24. The molecule has 48 valence electrons. The monoisotopic (exact) mass is 120 g/mol. The van der Waals surface area contributed by atoms with Crippen LogP contribution in [0.5, 0.6) is 0 Å². The van der Waals surface area contributed by atoms with Crippen LogP contribution in [0.1, 0.15) is 6.42 Å². The molecule has 0 aromatic carbocycles. The fourth-order valence-electron chi connectivity index (χ4n) is 0.266. The summed E-state index contributed by atoms with van der Waals surface area (Å²) in [5.41, 5.74) is 0. The summed E-state index contributed by atoms with van der Waals surface area (Å²) in [6, 6.07) is 0. The smallest absolute Gasteiger partial charge is 0.306 e. The molecule has 0 aliphatic heterocycles. The van der Waals surface area contributed by atoms with Gasteiger partial charge in [-0.25, -0.2) is 0 Å². The van der Waals surface area contributed by atoms with E-state index in [1.165, 1.54) is 0 Å². The quantitative estimate of drug-likeness (QED) is 0.438. The molecular weight excluding hydrogens is 112 g/mol. The van der Waals surface area contributed by atoms with Crippen LogP contribution >= 0.6 is 0 Å². The standard InChI is InChI=1S/C4H8O4/c5-2-3(6)1-4(7)8/h3,5-6H,1-2H2,(H,7,8)/t3-/m0/s1. The largest absolute Gasteiger partial charge is 0.481 e. The van der Waals surface area contributed by atoms with E-state index in [-0.39, 0.29) is 0 Å². The lowest BCUT2D eigenvalue weighted by Gasteiger charge is -1.99. The summed E-state index contributed by atoms with van der Waals surface area (Å²) < 4.78 is 0. The Morgan fingerprint density at radius 2 is 2.12 bits per heavy atom. The minimum Gasteiger partial charge on any atom is -0.481 e. The average molecular weight is 120 g/mol. The summed E-state index contributed by atoms with van der Waals surface area (Å²) in [6.45, 7) is -0.494. The second-order valence-corrected chi connectivity index (χ2v) is 1.43. The molecule has 4 heteroatoms. The fraction of sp³-hybridized carbons (Fsp3) is 0.750. The summed E-state index contributed by atoms with van der Waals surface area (Å²) in [5.74, 6) is -1.11. The minimum atomic E-state index is -1.12. The molecule has 0 aromatic heterocycles. The molecule has 4 nitrogen and oxygen atoms in total. The number of aliphatic carboxylic acids is 1. The van der Waals surface area contributed by atoms with Gasteiger partial charge in [-0.05, 0) is 0 Å². The highest BCUT2D eigenvalue weighted by Crippen LogP contribution is 1.87. The van der Waals surface area contributed by atoms with Crippen LogP contribution in [-0.4, -0.2) is 34.0 Å². The first-order valence-electron chi connectivity index (χ1n) is 2.17. The molecule has 0 aromatic rings. The maximum absolute atomic E-state index is 9.70. The lowest BCUT2D eigenvalue weighted by molar-refractivity contribution is -0.139. The Kier molecular flexibility index (Phi) is 3.14. The Bertz CT molecular complexity index is 80.1. The van der Waals surface area contributed by atoms with Crippen LogP contribution in [0.2, 0.25) is 0 Å². The molecule has 0 bridgehead atoms. The molecule has 0 aliphatic rings. The molecule has 0 spiro atoms. The second-order valence-electron chi connectivity index (χ2n) is 1.43. The molecule has 0 heterocycles. The number of hydrogen-bond acceptors (Lipinski definition) is 3. The van der Waals surface area contributed by atoms with E-state index >= 15 is 0 Å². The third-order valence-corrected chi connectivity index (χ3v) is 0.621. The lowest BCUT2D eigenvalue weighted by Crippen LogP contribution is -2.16. The molecule has 0 saturated heterocycles. The summed E-state index contributed by atoms with van der Waals surface area (Å²) in [5, 5.41) is 24.4. The zero-order chi connectivity index (χ0) is 6.57. The van der Waals surface area contributed by atoms with Crippen molar-refractivity contribution in [3.05, 3.63) is 0 Å². The Balaban J connectivity index is 3.24. The first-order valence-corrected chi connectivity index (χ1v) is 2.17. The summed E-state index contributed by atoms with van der Waals surface area (Å²) in [7, 11) is 0. The van der Waals surface area contributed by atoms with Crippen molar-refractivity contribution in [2.45, 2.75) is 12.5 Å². The van der Waals surface area contributed by atoms with E-state index in [0.29, 0.717) is 0 Å². The molecule has 0 radical (unpaired) electrons. The number of carboxylic acids is 1. The van der Waals surface area contributed by atoms with E-state index < -0.39 is 25.1 Å². The van der Waals surface area contributed by atoms with Gasteiger partial charge in [-0.3, -0.25) is 4.79 Å². The molecule has 0 amide bonds. The van der Waals surface area contributed by atoms with E-state index in [9.17, 15) is 4.79 Å². The Labute approximate surface area is 46.4 Å². The van der Waals surface area contributed by atoms with Gasteiger partial charge in [0.1, 0.15) is 0 Å². The third-order valence-electron chi connectivity index (χ3n) is 0.621. The van der Waals surface area contributed by atoms with Gasteiger partial charge in [-0.2, -0.15) is 0 Å². The van der Waals surface area contributed by atoms with Crippen LogP contribution in [0.3, 0.4) is 0 Å². The van der Waals surface area contributed by atoms with E-state index in [1.54, 1.807) is 0 Å². The maximum Gasteiger partial charge on any atom is 0.306 e. The molecule has 1 atom stereocenters. The van der Waals surface area contributed by atoms with Gasteiger partial charge in [-0.1, -0.05) is 0 Å². The van der Waals surface area contributed by atoms with Gasteiger partial charge < -0.3 is 15.3 Å². The molecule has 0 unspecified atom stereocenters. The predicted molar refractivity (Wildman–Crippen MR) is 25.3 cm³/mol. The van der Waals surface area contributed by atoms with Crippen molar-refractivity contribution in [3.8, 4) is 0 Å².